The highest BCUT2D eigenvalue weighted by Gasteiger charge is 2.25. The lowest BCUT2D eigenvalue weighted by atomic mass is 9.84. The van der Waals surface area contributed by atoms with Crippen molar-refractivity contribution in [3.8, 4) is 11.3 Å². The third-order valence-corrected chi connectivity index (χ3v) is 7.57. The lowest BCUT2D eigenvalue weighted by molar-refractivity contribution is -0.383. The number of nitro benzene ring substituents is 1. The number of nitro groups is 1. The van der Waals surface area contributed by atoms with E-state index in [0.29, 0.717) is 29.2 Å². The third-order valence-electron chi connectivity index (χ3n) is 7.57. The molecule has 10 heteroatoms. The lowest BCUT2D eigenvalue weighted by Crippen LogP contribution is -2.45. The molecule has 1 aliphatic rings. The maximum Gasteiger partial charge on any atom is 0.293 e. The average Bonchev–Trinajstić information content (AvgIpc) is 2.92. The molecule has 0 spiro atoms. The molecule has 0 bridgehead atoms. The van der Waals surface area contributed by atoms with Crippen molar-refractivity contribution in [1.29, 1.82) is 0 Å². The summed E-state index contributed by atoms with van der Waals surface area (Å²) in [5.41, 5.74) is 6.26. The summed E-state index contributed by atoms with van der Waals surface area (Å²) < 4.78 is 6.05. The number of hydrogen-bond acceptors (Lipinski definition) is 7. The molecule has 2 amide bonds. The van der Waals surface area contributed by atoms with Gasteiger partial charge in [0.2, 0.25) is 5.91 Å². The van der Waals surface area contributed by atoms with E-state index in [2.05, 4.69) is 10.6 Å². The number of carbonyl (C=O) groups excluding carboxylic acids is 2. The minimum atomic E-state index is -0.779. The van der Waals surface area contributed by atoms with E-state index in [4.69, 9.17) is 10.2 Å². The first kappa shape index (κ1) is 28.8. The molecule has 1 aromatic heterocycles. The van der Waals surface area contributed by atoms with E-state index in [0.717, 1.165) is 25.7 Å². The van der Waals surface area contributed by atoms with Gasteiger partial charge in [-0.25, -0.2) is 0 Å². The van der Waals surface area contributed by atoms with Gasteiger partial charge in [-0.05, 0) is 50.2 Å². The van der Waals surface area contributed by atoms with Gasteiger partial charge >= 0.3 is 0 Å². The zero-order valence-corrected chi connectivity index (χ0v) is 23.1. The number of benzene rings is 2. The topological polar surface area (TPSA) is 158 Å². The van der Waals surface area contributed by atoms with Gasteiger partial charge in [-0.1, -0.05) is 45.2 Å². The predicted molar refractivity (Wildman–Crippen MR) is 154 cm³/mol. The summed E-state index contributed by atoms with van der Waals surface area (Å²) >= 11 is 0. The molecule has 0 aliphatic heterocycles. The number of carbonyl (C=O) groups is 2. The van der Waals surface area contributed by atoms with Crippen LogP contribution in [0.25, 0.3) is 22.3 Å². The normalized spacial score (nSPS) is 15.5. The number of primary amides is 1. The Kier molecular flexibility index (Phi) is 8.86. The molecule has 1 saturated carbocycles. The molecule has 4 rings (SSSR count). The molecular weight excluding hydrogens is 512 g/mol. The second-order valence-corrected chi connectivity index (χ2v) is 11.1. The highest BCUT2D eigenvalue weighted by atomic mass is 16.6. The summed E-state index contributed by atoms with van der Waals surface area (Å²) in [6, 6.07) is 9.72. The van der Waals surface area contributed by atoms with Gasteiger partial charge in [0, 0.05) is 35.4 Å². The summed E-state index contributed by atoms with van der Waals surface area (Å²) in [5, 5.41) is 17.9. The van der Waals surface area contributed by atoms with Crippen LogP contribution >= 0.6 is 0 Å². The molecule has 10 nitrogen and oxygen atoms in total. The van der Waals surface area contributed by atoms with Crippen LogP contribution in [0.2, 0.25) is 0 Å². The van der Waals surface area contributed by atoms with Crippen molar-refractivity contribution in [2.45, 2.75) is 71.4 Å². The first-order valence-corrected chi connectivity index (χ1v) is 13.8. The smallest absolute Gasteiger partial charge is 0.293 e. The maximum absolute atomic E-state index is 13.0. The van der Waals surface area contributed by atoms with Crippen LogP contribution < -0.4 is 21.8 Å². The number of anilines is 1. The summed E-state index contributed by atoms with van der Waals surface area (Å²) in [6.45, 7) is 5.90. The van der Waals surface area contributed by atoms with E-state index in [1.54, 1.807) is 24.3 Å². The number of fused-ring (bicyclic) bond motifs is 1. The fourth-order valence-corrected chi connectivity index (χ4v) is 5.34. The number of nitrogens with two attached hydrogens (primary N) is 1. The Hall–Kier alpha value is -4.21. The van der Waals surface area contributed by atoms with Gasteiger partial charge in [-0.2, -0.15) is 0 Å². The number of hydrogen-bond donors (Lipinski definition) is 3. The SMILES string of the molecule is CC(C)C[C@@H](NC(=O)c1ccc(-c2cc(=O)c3cc([N+](=O)[O-])c(N[C@H](C)C4CCCCC4)cc3o2)cc1)C(N)=O. The van der Waals surface area contributed by atoms with Crippen molar-refractivity contribution < 1.29 is 18.9 Å². The first-order chi connectivity index (χ1) is 19.0. The van der Waals surface area contributed by atoms with Crippen LogP contribution in [0, 0.1) is 22.0 Å². The fraction of sp³-hybridized carbons (Fsp3) is 0.433. The quantitative estimate of drug-likeness (QED) is 0.227. The van der Waals surface area contributed by atoms with Crippen molar-refractivity contribution in [2.75, 3.05) is 5.32 Å². The van der Waals surface area contributed by atoms with E-state index in [1.165, 1.54) is 24.6 Å². The molecule has 1 aliphatic carbocycles. The van der Waals surface area contributed by atoms with Crippen LogP contribution in [0.1, 0.15) is 69.7 Å². The molecule has 40 heavy (non-hydrogen) atoms. The van der Waals surface area contributed by atoms with Gasteiger partial charge in [-0.15, -0.1) is 0 Å². The number of nitrogens with one attached hydrogen (secondary N) is 2. The summed E-state index contributed by atoms with van der Waals surface area (Å²) in [6.07, 6.45) is 6.09. The van der Waals surface area contributed by atoms with Crippen LogP contribution in [0.4, 0.5) is 11.4 Å². The Morgan fingerprint density at radius 1 is 1.07 bits per heavy atom. The molecule has 1 heterocycles. The van der Waals surface area contributed by atoms with Crippen molar-refractivity contribution in [1.82, 2.24) is 5.32 Å². The van der Waals surface area contributed by atoms with Crippen LogP contribution in [0.5, 0.6) is 0 Å². The van der Waals surface area contributed by atoms with E-state index in [1.807, 2.05) is 20.8 Å². The summed E-state index contributed by atoms with van der Waals surface area (Å²) in [7, 11) is 0. The molecule has 0 saturated heterocycles. The maximum atomic E-state index is 13.0. The Bertz CT molecular complexity index is 1460. The van der Waals surface area contributed by atoms with Gasteiger partial charge in [0.1, 0.15) is 23.1 Å². The molecule has 2 atom stereocenters. The Labute approximate surface area is 232 Å². The molecule has 2 aromatic carbocycles. The van der Waals surface area contributed by atoms with Crippen LogP contribution in [0.15, 0.2) is 51.7 Å². The zero-order valence-electron chi connectivity index (χ0n) is 23.1. The van der Waals surface area contributed by atoms with E-state index >= 15 is 0 Å². The molecule has 212 valence electrons. The summed E-state index contributed by atoms with van der Waals surface area (Å²) in [5.74, 6) is -0.186. The minimum absolute atomic E-state index is 0.0275. The van der Waals surface area contributed by atoms with E-state index in [9.17, 15) is 24.5 Å². The highest BCUT2D eigenvalue weighted by molar-refractivity contribution is 5.97. The van der Waals surface area contributed by atoms with Gasteiger partial charge in [0.15, 0.2) is 5.43 Å². The second-order valence-electron chi connectivity index (χ2n) is 11.1. The van der Waals surface area contributed by atoms with Crippen molar-refractivity contribution in [3.05, 3.63) is 68.4 Å². The lowest BCUT2D eigenvalue weighted by Gasteiger charge is -2.28. The van der Waals surface area contributed by atoms with Gasteiger partial charge in [0.25, 0.3) is 11.6 Å². The van der Waals surface area contributed by atoms with Gasteiger partial charge < -0.3 is 20.8 Å². The molecule has 0 unspecified atom stereocenters. The number of amides is 2. The van der Waals surface area contributed by atoms with Crippen LogP contribution in [0.3, 0.4) is 0 Å². The van der Waals surface area contributed by atoms with Crippen LogP contribution in [-0.2, 0) is 4.79 Å². The molecule has 1 fully saturated rings. The Morgan fingerprint density at radius 2 is 1.75 bits per heavy atom. The average molecular weight is 549 g/mol. The Morgan fingerprint density at radius 3 is 2.35 bits per heavy atom. The molecule has 4 N–H and O–H groups in total. The third kappa shape index (κ3) is 6.67. The van der Waals surface area contributed by atoms with Crippen LogP contribution in [-0.4, -0.2) is 28.8 Å². The predicted octanol–water partition coefficient (Wildman–Crippen LogP) is 5.38. The second kappa shape index (κ2) is 12.3. The number of rotatable bonds is 10. The molecule has 0 radical (unpaired) electrons. The highest BCUT2D eigenvalue weighted by Crippen LogP contribution is 2.34. The molecular formula is C30H36N4O6. The van der Waals surface area contributed by atoms with E-state index < -0.39 is 28.2 Å². The first-order valence-electron chi connectivity index (χ1n) is 13.8. The van der Waals surface area contributed by atoms with Crippen molar-refractivity contribution >= 4 is 34.2 Å². The van der Waals surface area contributed by atoms with Gasteiger partial charge in [0.05, 0.1) is 10.3 Å². The number of nitrogens with zero attached hydrogens (tertiary/aromatic N) is 1. The van der Waals surface area contributed by atoms with Crippen molar-refractivity contribution in [3.63, 3.8) is 0 Å². The zero-order chi connectivity index (χ0) is 29.0. The minimum Gasteiger partial charge on any atom is -0.456 e. The monoisotopic (exact) mass is 548 g/mol. The summed E-state index contributed by atoms with van der Waals surface area (Å²) in [4.78, 5) is 48.7. The standard InChI is InChI=1S/C30H36N4O6/c1-17(2)13-24(29(31)36)33-30(37)21-11-9-20(10-12-21)27-16-26(35)22-14-25(34(38)39)23(15-28(22)40-27)32-18(3)19-7-5-4-6-8-19/h9-12,14-19,24,32H,4-8,13H2,1-3H3,(H2,31,36)(H,33,37)/t18-,24-/m1/s1. The van der Waals surface area contributed by atoms with E-state index in [-0.39, 0.29) is 34.4 Å². The van der Waals surface area contributed by atoms with Gasteiger partial charge in [-0.3, -0.25) is 24.5 Å². The molecule has 3 aromatic rings. The largest absolute Gasteiger partial charge is 0.456 e. The Balaban J connectivity index is 1.61. The fourth-order valence-electron chi connectivity index (χ4n) is 5.34. The van der Waals surface area contributed by atoms with Crippen molar-refractivity contribution in [2.24, 2.45) is 17.6 Å².